The zero-order valence-electron chi connectivity index (χ0n) is 12.0. The number of piperidine rings is 1. The second-order valence-corrected chi connectivity index (χ2v) is 6.99. The van der Waals surface area contributed by atoms with Crippen molar-refractivity contribution in [2.45, 2.75) is 36.6 Å². The van der Waals surface area contributed by atoms with Gasteiger partial charge >= 0.3 is 0 Å². The molecule has 1 aromatic carbocycles. The van der Waals surface area contributed by atoms with Crippen LogP contribution in [0.5, 0.6) is 0 Å². The van der Waals surface area contributed by atoms with Crippen molar-refractivity contribution in [3.8, 4) is 0 Å². The predicted molar refractivity (Wildman–Crippen MR) is 82.8 cm³/mol. The third kappa shape index (κ3) is 3.77. The summed E-state index contributed by atoms with van der Waals surface area (Å²) < 4.78 is 13.4. The van der Waals surface area contributed by atoms with Gasteiger partial charge in [0.15, 0.2) is 0 Å². The molecule has 114 valence electrons. The highest BCUT2D eigenvalue weighted by Crippen LogP contribution is 2.36. The summed E-state index contributed by atoms with van der Waals surface area (Å²) in [7, 11) is 0. The molecule has 2 N–H and O–H groups in total. The Kier molecular flexibility index (Phi) is 4.80. The van der Waals surface area contributed by atoms with E-state index in [1.807, 2.05) is 6.07 Å². The van der Waals surface area contributed by atoms with Crippen LogP contribution in [-0.4, -0.2) is 24.7 Å². The Morgan fingerprint density at radius 2 is 2.33 bits per heavy atom. The molecule has 1 amide bonds. The molecule has 2 aliphatic heterocycles. The van der Waals surface area contributed by atoms with E-state index in [1.165, 1.54) is 6.07 Å². The molecule has 0 aliphatic carbocycles. The molecule has 0 saturated carbocycles. The van der Waals surface area contributed by atoms with Gasteiger partial charge in [-0.2, -0.15) is 0 Å². The summed E-state index contributed by atoms with van der Waals surface area (Å²) in [4.78, 5) is 13.3. The zero-order valence-corrected chi connectivity index (χ0v) is 12.8. The number of thioether (sulfide) groups is 1. The third-order valence-electron chi connectivity index (χ3n) is 4.22. The summed E-state index contributed by atoms with van der Waals surface area (Å²) >= 11 is 1.74. The predicted octanol–water partition coefficient (Wildman–Crippen LogP) is 2.87. The average Bonchev–Trinajstić information content (AvgIpc) is 2.49. The Labute approximate surface area is 129 Å². The van der Waals surface area contributed by atoms with E-state index in [0.29, 0.717) is 12.3 Å². The Morgan fingerprint density at radius 3 is 3.14 bits per heavy atom. The van der Waals surface area contributed by atoms with Gasteiger partial charge in [-0.15, -0.1) is 11.8 Å². The first-order valence-corrected chi connectivity index (χ1v) is 8.63. The Bertz CT molecular complexity index is 517. The molecule has 0 spiro atoms. The summed E-state index contributed by atoms with van der Waals surface area (Å²) in [5.41, 5.74) is 0.932. The number of benzene rings is 1. The highest BCUT2D eigenvalue weighted by atomic mass is 32.2. The number of hydrogen-bond acceptors (Lipinski definition) is 3. The van der Waals surface area contributed by atoms with Crippen LogP contribution in [0, 0.1) is 11.7 Å². The number of halogens is 1. The van der Waals surface area contributed by atoms with Crippen LogP contribution < -0.4 is 10.6 Å². The van der Waals surface area contributed by atoms with Gasteiger partial charge in [0, 0.05) is 17.1 Å². The van der Waals surface area contributed by atoms with Crippen LogP contribution in [0.15, 0.2) is 23.1 Å². The van der Waals surface area contributed by atoms with Crippen molar-refractivity contribution in [2.24, 2.45) is 5.92 Å². The van der Waals surface area contributed by atoms with Crippen LogP contribution in [0.2, 0.25) is 0 Å². The van der Waals surface area contributed by atoms with Crippen molar-refractivity contribution >= 4 is 17.7 Å². The number of fused-ring (bicyclic) bond motifs is 1. The van der Waals surface area contributed by atoms with E-state index in [2.05, 4.69) is 10.6 Å². The van der Waals surface area contributed by atoms with Crippen LogP contribution in [0.3, 0.4) is 0 Å². The molecule has 0 bridgehead atoms. The van der Waals surface area contributed by atoms with E-state index in [-0.39, 0.29) is 17.8 Å². The van der Waals surface area contributed by atoms with E-state index in [0.717, 1.165) is 48.6 Å². The lowest BCUT2D eigenvalue weighted by molar-refractivity contribution is -0.123. The van der Waals surface area contributed by atoms with E-state index in [1.54, 1.807) is 17.8 Å². The van der Waals surface area contributed by atoms with Crippen LogP contribution in [0.1, 0.15) is 37.3 Å². The number of hydrogen-bond donors (Lipinski definition) is 2. The maximum absolute atomic E-state index is 13.4. The molecule has 3 nitrogen and oxygen atoms in total. The lowest BCUT2D eigenvalue weighted by atomic mass is 9.95. The van der Waals surface area contributed by atoms with Crippen molar-refractivity contribution in [3.63, 3.8) is 0 Å². The first-order chi connectivity index (χ1) is 10.2. The largest absolute Gasteiger partial charge is 0.349 e. The molecule has 2 unspecified atom stereocenters. The zero-order chi connectivity index (χ0) is 14.7. The number of nitrogens with one attached hydrogen (secondary N) is 2. The highest BCUT2D eigenvalue weighted by Gasteiger charge is 2.24. The van der Waals surface area contributed by atoms with Gasteiger partial charge in [0.2, 0.25) is 5.91 Å². The number of amides is 1. The fourth-order valence-corrected chi connectivity index (χ4v) is 4.23. The van der Waals surface area contributed by atoms with Crippen LogP contribution in [0.4, 0.5) is 4.39 Å². The standard InChI is InChI=1S/C16H21FN2OS/c17-12-3-4-15-13(9-12)14(5-7-21-15)19-16(20)8-11-2-1-6-18-10-11/h3-4,9,11,14,18H,1-2,5-8,10H2,(H,19,20). The lowest BCUT2D eigenvalue weighted by Gasteiger charge is -2.27. The van der Waals surface area contributed by atoms with Crippen molar-refractivity contribution in [1.29, 1.82) is 0 Å². The van der Waals surface area contributed by atoms with Gasteiger partial charge in [0.1, 0.15) is 5.82 Å². The van der Waals surface area contributed by atoms with Crippen molar-refractivity contribution < 1.29 is 9.18 Å². The second-order valence-electron chi connectivity index (χ2n) is 5.86. The molecule has 21 heavy (non-hydrogen) atoms. The summed E-state index contributed by atoms with van der Waals surface area (Å²) in [5.74, 6) is 1.26. The summed E-state index contributed by atoms with van der Waals surface area (Å²) in [5, 5.41) is 6.44. The lowest BCUT2D eigenvalue weighted by Crippen LogP contribution is -2.36. The molecule has 2 aliphatic rings. The summed E-state index contributed by atoms with van der Waals surface area (Å²) in [6.45, 7) is 1.99. The van der Waals surface area contributed by atoms with Crippen LogP contribution in [-0.2, 0) is 4.79 Å². The second kappa shape index (κ2) is 6.79. The Hall–Kier alpha value is -1.07. The van der Waals surface area contributed by atoms with Gasteiger partial charge in [-0.05, 0) is 62.0 Å². The molecular formula is C16H21FN2OS. The van der Waals surface area contributed by atoms with E-state index in [9.17, 15) is 9.18 Å². The fourth-order valence-electron chi connectivity index (χ4n) is 3.13. The van der Waals surface area contributed by atoms with E-state index < -0.39 is 0 Å². The molecular weight excluding hydrogens is 287 g/mol. The van der Waals surface area contributed by atoms with Crippen molar-refractivity contribution in [3.05, 3.63) is 29.6 Å². The van der Waals surface area contributed by atoms with Gasteiger partial charge in [-0.1, -0.05) is 0 Å². The van der Waals surface area contributed by atoms with Crippen molar-refractivity contribution in [2.75, 3.05) is 18.8 Å². The summed E-state index contributed by atoms with van der Waals surface area (Å²) in [6.07, 6.45) is 3.70. The molecule has 5 heteroatoms. The topological polar surface area (TPSA) is 41.1 Å². The third-order valence-corrected chi connectivity index (χ3v) is 5.34. The smallest absolute Gasteiger partial charge is 0.220 e. The minimum Gasteiger partial charge on any atom is -0.349 e. The van der Waals surface area contributed by atoms with Crippen LogP contribution in [0.25, 0.3) is 0 Å². The normalized spacial score (nSPS) is 25.2. The average molecular weight is 308 g/mol. The molecule has 1 fully saturated rings. The molecule has 0 radical (unpaired) electrons. The number of carbonyl (C=O) groups excluding carboxylic acids is 1. The number of carbonyl (C=O) groups is 1. The maximum atomic E-state index is 13.4. The molecule has 1 aromatic rings. The Morgan fingerprint density at radius 1 is 1.43 bits per heavy atom. The van der Waals surface area contributed by atoms with Crippen molar-refractivity contribution in [1.82, 2.24) is 10.6 Å². The SMILES string of the molecule is O=C(CC1CCCNC1)NC1CCSc2ccc(F)cc21. The van der Waals surface area contributed by atoms with Crippen LogP contribution >= 0.6 is 11.8 Å². The molecule has 1 saturated heterocycles. The molecule has 0 aromatic heterocycles. The van der Waals surface area contributed by atoms with Gasteiger partial charge < -0.3 is 10.6 Å². The molecule has 2 heterocycles. The van der Waals surface area contributed by atoms with Gasteiger partial charge in [-0.25, -0.2) is 4.39 Å². The fraction of sp³-hybridized carbons (Fsp3) is 0.562. The Balaban J connectivity index is 1.63. The maximum Gasteiger partial charge on any atom is 0.220 e. The summed E-state index contributed by atoms with van der Waals surface area (Å²) in [6, 6.07) is 4.83. The van der Waals surface area contributed by atoms with E-state index in [4.69, 9.17) is 0 Å². The monoisotopic (exact) mass is 308 g/mol. The minimum absolute atomic E-state index is 0.0407. The van der Waals surface area contributed by atoms with Gasteiger partial charge in [0.05, 0.1) is 6.04 Å². The minimum atomic E-state index is -0.230. The highest BCUT2D eigenvalue weighted by molar-refractivity contribution is 7.99. The number of rotatable bonds is 3. The first-order valence-electron chi connectivity index (χ1n) is 7.64. The van der Waals surface area contributed by atoms with E-state index >= 15 is 0 Å². The quantitative estimate of drug-likeness (QED) is 0.902. The molecule has 3 rings (SSSR count). The van der Waals surface area contributed by atoms with Gasteiger partial charge in [-0.3, -0.25) is 4.79 Å². The molecule has 2 atom stereocenters. The van der Waals surface area contributed by atoms with Gasteiger partial charge in [0.25, 0.3) is 0 Å². The first kappa shape index (κ1) is 14.9.